The van der Waals surface area contributed by atoms with E-state index in [1.807, 2.05) is 0 Å². The molecule has 1 aliphatic rings. The molecule has 1 fully saturated rings. The first kappa shape index (κ1) is 8.95. The van der Waals surface area contributed by atoms with Crippen LogP contribution in [-0.2, 0) is 19.2 Å². The van der Waals surface area contributed by atoms with E-state index >= 15 is 0 Å². The lowest BCUT2D eigenvalue weighted by molar-refractivity contribution is -0.173. The topological polar surface area (TPSA) is 81.9 Å². The summed E-state index contributed by atoms with van der Waals surface area (Å²) in [5.41, 5.74) is 5.32. The molecule has 0 spiro atoms. The quantitative estimate of drug-likeness (QED) is 0.502. The second-order valence-corrected chi connectivity index (χ2v) is 2.35. The SMILES string of the molecule is COC(=O)CN1OC[C@H](N)C1=O. The van der Waals surface area contributed by atoms with Crippen LogP contribution >= 0.6 is 0 Å². The molecule has 1 atom stereocenters. The van der Waals surface area contributed by atoms with E-state index in [9.17, 15) is 9.59 Å². The Hall–Kier alpha value is -1.14. The zero-order chi connectivity index (χ0) is 9.14. The molecule has 1 heterocycles. The molecule has 0 aromatic carbocycles. The standard InChI is InChI=1S/C6H10N2O4/c1-11-5(9)2-8-6(10)4(7)3-12-8/h4H,2-3,7H2,1H3/t4-/m0/s1. The molecule has 6 heteroatoms. The zero-order valence-corrected chi connectivity index (χ0v) is 6.65. The van der Waals surface area contributed by atoms with Crippen LogP contribution in [0.15, 0.2) is 0 Å². The Morgan fingerprint density at radius 2 is 2.58 bits per heavy atom. The van der Waals surface area contributed by atoms with Crippen LogP contribution in [0.5, 0.6) is 0 Å². The number of hydrogen-bond donors (Lipinski definition) is 1. The summed E-state index contributed by atoms with van der Waals surface area (Å²) in [5, 5.41) is 0.913. The molecule has 1 rings (SSSR count). The van der Waals surface area contributed by atoms with E-state index in [0.717, 1.165) is 5.06 Å². The summed E-state index contributed by atoms with van der Waals surface area (Å²) in [7, 11) is 1.24. The molecule has 0 aliphatic carbocycles. The number of esters is 1. The van der Waals surface area contributed by atoms with Crippen LogP contribution in [0.2, 0.25) is 0 Å². The Morgan fingerprint density at radius 1 is 1.92 bits per heavy atom. The van der Waals surface area contributed by atoms with Gasteiger partial charge in [0, 0.05) is 0 Å². The number of nitrogens with zero attached hydrogens (tertiary/aromatic N) is 1. The van der Waals surface area contributed by atoms with Crippen molar-refractivity contribution in [3.8, 4) is 0 Å². The third-order valence-corrected chi connectivity index (χ3v) is 1.47. The number of rotatable bonds is 2. The van der Waals surface area contributed by atoms with E-state index in [2.05, 4.69) is 4.74 Å². The maximum atomic E-state index is 11.0. The van der Waals surface area contributed by atoms with Crippen molar-refractivity contribution in [3.05, 3.63) is 0 Å². The fraction of sp³-hybridized carbons (Fsp3) is 0.667. The van der Waals surface area contributed by atoms with E-state index < -0.39 is 12.0 Å². The summed E-state index contributed by atoms with van der Waals surface area (Å²) >= 11 is 0. The van der Waals surface area contributed by atoms with E-state index in [4.69, 9.17) is 10.6 Å². The van der Waals surface area contributed by atoms with Crippen molar-refractivity contribution in [2.24, 2.45) is 5.73 Å². The first-order valence-corrected chi connectivity index (χ1v) is 3.42. The average Bonchev–Trinajstić information content (AvgIpc) is 2.36. The maximum Gasteiger partial charge on any atom is 0.328 e. The number of methoxy groups -OCH3 is 1. The van der Waals surface area contributed by atoms with Crippen LogP contribution < -0.4 is 5.73 Å². The Kier molecular flexibility index (Phi) is 2.61. The summed E-state index contributed by atoms with van der Waals surface area (Å²) in [4.78, 5) is 26.5. The van der Waals surface area contributed by atoms with E-state index in [-0.39, 0.29) is 19.1 Å². The lowest BCUT2D eigenvalue weighted by Gasteiger charge is -2.11. The van der Waals surface area contributed by atoms with Gasteiger partial charge in [0.05, 0.1) is 13.7 Å². The molecule has 0 unspecified atom stereocenters. The third kappa shape index (κ3) is 1.72. The normalized spacial score (nSPS) is 23.0. The van der Waals surface area contributed by atoms with E-state index in [0.29, 0.717) is 0 Å². The fourth-order valence-electron chi connectivity index (χ4n) is 0.795. The van der Waals surface area contributed by atoms with Crippen molar-refractivity contribution >= 4 is 11.9 Å². The van der Waals surface area contributed by atoms with Gasteiger partial charge in [-0.25, -0.2) is 5.06 Å². The Balaban J connectivity index is 2.44. The molecule has 6 nitrogen and oxygen atoms in total. The largest absolute Gasteiger partial charge is 0.468 e. The van der Waals surface area contributed by atoms with Gasteiger partial charge < -0.3 is 10.5 Å². The summed E-state index contributed by atoms with van der Waals surface area (Å²) in [5.74, 6) is -0.919. The van der Waals surface area contributed by atoms with Gasteiger partial charge in [0.2, 0.25) is 0 Å². The smallest absolute Gasteiger partial charge is 0.328 e. The van der Waals surface area contributed by atoms with Crippen molar-refractivity contribution in [2.45, 2.75) is 6.04 Å². The minimum absolute atomic E-state index is 0.121. The van der Waals surface area contributed by atoms with Crippen LogP contribution in [-0.4, -0.2) is 43.2 Å². The Labute approximate surface area is 69.2 Å². The van der Waals surface area contributed by atoms with Crippen LogP contribution in [0.4, 0.5) is 0 Å². The lowest BCUT2D eigenvalue weighted by atomic mass is 10.3. The first-order chi connectivity index (χ1) is 5.65. The van der Waals surface area contributed by atoms with Crippen LogP contribution in [0.3, 0.4) is 0 Å². The van der Waals surface area contributed by atoms with Crippen molar-refractivity contribution in [3.63, 3.8) is 0 Å². The Morgan fingerprint density at radius 3 is 3.00 bits per heavy atom. The highest BCUT2D eigenvalue weighted by atomic mass is 16.7. The molecule has 12 heavy (non-hydrogen) atoms. The van der Waals surface area contributed by atoms with Crippen molar-refractivity contribution in [1.82, 2.24) is 5.06 Å². The first-order valence-electron chi connectivity index (χ1n) is 3.42. The molecular weight excluding hydrogens is 164 g/mol. The molecule has 1 amide bonds. The highest BCUT2D eigenvalue weighted by Crippen LogP contribution is 2.04. The summed E-state index contributed by atoms with van der Waals surface area (Å²) in [6.45, 7) is -0.0845. The van der Waals surface area contributed by atoms with Gasteiger partial charge in [0.1, 0.15) is 12.6 Å². The number of carbonyl (C=O) groups is 2. The average molecular weight is 174 g/mol. The van der Waals surface area contributed by atoms with Crippen LogP contribution in [0.1, 0.15) is 0 Å². The molecule has 1 aliphatic heterocycles. The van der Waals surface area contributed by atoms with Crippen LogP contribution in [0, 0.1) is 0 Å². The molecule has 1 saturated heterocycles. The summed E-state index contributed by atoms with van der Waals surface area (Å²) in [6, 6.07) is -0.658. The predicted molar refractivity (Wildman–Crippen MR) is 37.7 cm³/mol. The van der Waals surface area contributed by atoms with Gasteiger partial charge in [0.15, 0.2) is 0 Å². The minimum Gasteiger partial charge on any atom is -0.468 e. The minimum atomic E-state index is -0.658. The molecule has 0 bridgehead atoms. The van der Waals surface area contributed by atoms with Gasteiger partial charge >= 0.3 is 5.97 Å². The molecule has 2 N–H and O–H groups in total. The third-order valence-electron chi connectivity index (χ3n) is 1.47. The van der Waals surface area contributed by atoms with Crippen LogP contribution in [0.25, 0.3) is 0 Å². The molecule has 68 valence electrons. The van der Waals surface area contributed by atoms with Gasteiger partial charge in [-0.15, -0.1) is 0 Å². The number of nitrogens with two attached hydrogens (primary N) is 1. The number of amides is 1. The van der Waals surface area contributed by atoms with Gasteiger partial charge in [-0.2, -0.15) is 0 Å². The summed E-state index contributed by atoms with van der Waals surface area (Å²) < 4.78 is 4.34. The van der Waals surface area contributed by atoms with Gasteiger partial charge in [-0.05, 0) is 0 Å². The van der Waals surface area contributed by atoms with Crippen molar-refractivity contribution in [1.29, 1.82) is 0 Å². The second kappa shape index (κ2) is 3.51. The molecule has 0 radical (unpaired) electrons. The van der Waals surface area contributed by atoms with Crippen molar-refractivity contribution in [2.75, 3.05) is 20.3 Å². The maximum absolute atomic E-state index is 11.0. The highest BCUT2D eigenvalue weighted by Gasteiger charge is 2.31. The van der Waals surface area contributed by atoms with Gasteiger partial charge in [-0.3, -0.25) is 14.4 Å². The number of carbonyl (C=O) groups excluding carboxylic acids is 2. The second-order valence-electron chi connectivity index (χ2n) is 2.35. The molecule has 0 saturated carbocycles. The Bertz CT molecular complexity index is 206. The summed E-state index contributed by atoms with van der Waals surface area (Å²) in [6.07, 6.45) is 0. The van der Waals surface area contributed by atoms with E-state index in [1.54, 1.807) is 0 Å². The van der Waals surface area contributed by atoms with Gasteiger partial charge in [-0.1, -0.05) is 0 Å². The molecule has 0 aromatic heterocycles. The molecular formula is C6H10N2O4. The number of ether oxygens (including phenoxy) is 1. The lowest BCUT2D eigenvalue weighted by Crippen LogP contribution is -2.37. The van der Waals surface area contributed by atoms with Crippen molar-refractivity contribution < 1.29 is 19.2 Å². The predicted octanol–water partition coefficient (Wildman–Crippen LogP) is -1.74. The zero-order valence-electron chi connectivity index (χ0n) is 6.65. The number of hydrogen-bond acceptors (Lipinski definition) is 5. The van der Waals surface area contributed by atoms with E-state index in [1.165, 1.54) is 7.11 Å². The number of hydroxylamine groups is 2. The molecule has 0 aromatic rings. The monoisotopic (exact) mass is 174 g/mol. The fourth-order valence-corrected chi connectivity index (χ4v) is 0.795. The van der Waals surface area contributed by atoms with Gasteiger partial charge in [0.25, 0.3) is 5.91 Å². The highest BCUT2D eigenvalue weighted by molar-refractivity contribution is 5.85.